The van der Waals surface area contributed by atoms with Gasteiger partial charge in [0.2, 0.25) is 0 Å². The molecule has 1 aromatic heterocycles. The monoisotopic (exact) mass is 220 g/mol. The molecular weight excluding hydrogens is 200 g/mol. The lowest BCUT2D eigenvalue weighted by Crippen LogP contribution is -2.19. The minimum Gasteiger partial charge on any atom is -0.370 e. The molecule has 1 aliphatic rings. The smallest absolute Gasteiger partial charge is 0.129 e. The van der Waals surface area contributed by atoms with Crippen LogP contribution in [0.4, 0.5) is 5.82 Å². The van der Waals surface area contributed by atoms with Crippen LogP contribution in [-0.2, 0) is 6.42 Å². The molecule has 1 unspecified atom stereocenters. The average Bonchev–Trinajstić information content (AvgIpc) is 2.73. The van der Waals surface area contributed by atoms with Crippen LogP contribution in [0.1, 0.15) is 19.0 Å². The average molecular weight is 220 g/mol. The zero-order chi connectivity index (χ0) is 11.4. The van der Waals surface area contributed by atoms with Crippen molar-refractivity contribution in [2.75, 3.05) is 32.0 Å². The third kappa shape index (κ3) is 2.92. The Hall–Kier alpha value is -1.16. The van der Waals surface area contributed by atoms with Crippen molar-refractivity contribution >= 4 is 5.82 Å². The van der Waals surface area contributed by atoms with Crippen molar-refractivity contribution in [3.63, 3.8) is 0 Å². The minimum atomic E-state index is 0.755. The molecule has 88 valence electrons. The van der Waals surface area contributed by atoms with Gasteiger partial charge in [-0.3, -0.25) is 0 Å². The van der Waals surface area contributed by atoms with E-state index in [0.29, 0.717) is 0 Å². The number of rotatable bonds is 4. The second-order valence-electron chi connectivity index (χ2n) is 4.55. The summed E-state index contributed by atoms with van der Waals surface area (Å²) in [7, 11) is 2.18. The molecule has 4 nitrogen and oxygen atoms in total. The molecule has 16 heavy (non-hydrogen) atoms. The van der Waals surface area contributed by atoms with Gasteiger partial charge in [0.25, 0.3) is 0 Å². The van der Waals surface area contributed by atoms with Gasteiger partial charge in [0.15, 0.2) is 0 Å². The number of likely N-dealkylation sites (tertiary alicyclic amines) is 1. The third-order valence-corrected chi connectivity index (χ3v) is 3.15. The normalized spacial score (nSPS) is 21.2. The Labute approximate surface area is 97.1 Å². The van der Waals surface area contributed by atoms with Crippen LogP contribution in [0.2, 0.25) is 0 Å². The second kappa shape index (κ2) is 5.25. The SMILES string of the molecule is CCc1cc(NCC2CCN(C)C2)ncn1. The van der Waals surface area contributed by atoms with Crippen molar-refractivity contribution < 1.29 is 0 Å². The van der Waals surface area contributed by atoms with Crippen molar-refractivity contribution in [1.29, 1.82) is 0 Å². The fourth-order valence-corrected chi connectivity index (χ4v) is 2.13. The minimum absolute atomic E-state index is 0.755. The van der Waals surface area contributed by atoms with Gasteiger partial charge in [0, 0.05) is 24.8 Å². The highest BCUT2D eigenvalue weighted by Crippen LogP contribution is 2.15. The van der Waals surface area contributed by atoms with Gasteiger partial charge in [0.1, 0.15) is 12.1 Å². The zero-order valence-corrected chi connectivity index (χ0v) is 10.1. The molecule has 0 aromatic carbocycles. The molecule has 0 aliphatic carbocycles. The molecular formula is C12H20N4. The summed E-state index contributed by atoms with van der Waals surface area (Å²) in [5.41, 5.74) is 1.10. The Balaban J connectivity index is 1.84. The first-order chi connectivity index (χ1) is 7.78. The van der Waals surface area contributed by atoms with Gasteiger partial charge in [-0.05, 0) is 32.4 Å². The maximum Gasteiger partial charge on any atom is 0.129 e. The molecule has 0 saturated carbocycles. The fourth-order valence-electron chi connectivity index (χ4n) is 2.13. The maximum atomic E-state index is 4.23. The Bertz CT molecular complexity index is 340. The summed E-state index contributed by atoms with van der Waals surface area (Å²) in [5.74, 6) is 1.71. The summed E-state index contributed by atoms with van der Waals surface area (Å²) in [6.45, 7) is 5.54. The van der Waals surface area contributed by atoms with Crippen molar-refractivity contribution in [3.8, 4) is 0 Å². The largest absolute Gasteiger partial charge is 0.370 e. The van der Waals surface area contributed by atoms with E-state index in [4.69, 9.17) is 0 Å². The van der Waals surface area contributed by atoms with E-state index in [1.54, 1.807) is 6.33 Å². The maximum absolute atomic E-state index is 4.23. The lowest BCUT2D eigenvalue weighted by molar-refractivity contribution is 0.399. The van der Waals surface area contributed by atoms with E-state index in [-0.39, 0.29) is 0 Å². The van der Waals surface area contributed by atoms with E-state index in [9.17, 15) is 0 Å². The highest BCUT2D eigenvalue weighted by atomic mass is 15.1. The Morgan fingerprint density at radius 3 is 3.06 bits per heavy atom. The number of aromatic nitrogens is 2. The van der Waals surface area contributed by atoms with Crippen LogP contribution < -0.4 is 5.32 Å². The quantitative estimate of drug-likeness (QED) is 0.833. The van der Waals surface area contributed by atoms with Crippen molar-refractivity contribution in [3.05, 3.63) is 18.1 Å². The number of hydrogen-bond donors (Lipinski definition) is 1. The van der Waals surface area contributed by atoms with Gasteiger partial charge in [-0.25, -0.2) is 9.97 Å². The molecule has 2 heterocycles. The second-order valence-corrected chi connectivity index (χ2v) is 4.55. The molecule has 0 spiro atoms. The topological polar surface area (TPSA) is 41.0 Å². The van der Waals surface area contributed by atoms with Gasteiger partial charge >= 0.3 is 0 Å². The van der Waals surface area contributed by atoms with E-state index in [1.165, 1.54) is 19.5 Å². The van der Waals surface area contributed by atoms with Gasteiger partial charge in [-0.15, -0.1) is 0 Å². The van der Waals surface area contributed by atoms with Gasteiger partial charge in [0.05, 0.1) is 0 Å². The molecule has 1 aromatic rings. The lowest BCUT2D eigenvalue weighted by atomic mass is 10.1. The molecule has 0 bridgehead atoms. The van der Waals surface area contributed by atoms with E-state index in [2.05, 4.69) is 34.2 Å². The van der Waals surface area contributed by atoms with Crippen LogP contribution in [0, 0.1) is 5.92 Å². The van der Waals surface area contributed by atoms with Crippen molar-refractivity contribution in [2.45, 2.75) is 19.8 Å². The third-order valence-electron chi connectivity index (χ3n) is 3.15. The molecule has 1 atom stereocenters. The van der Waals surface area contributed by atoms with Crippen LogP contribution in [0.5, 0.6) is 0 Å². The zero-order valence-electron chi connectivity index (χ0n) is 10.1. The summed E-state index contributed by atoms with van der Waals surface area (Å²) >= 11 is 0. The number of nitrogens with one attached hydrogen (secondary N) is 1. The molecule has 1 saturated heterocycles. The van der Waals surface area contributed by atoms with E-state index in [1.807, 2.05) is 6.07 Å². The number of nitrogens with zero attached hydrogens (tertiary/aromatic N) is 3. The van der Waals surface area contributed by atoms with Crippen molar-refractivity contribution in [1.82, 2.24) is 14.9 Å². The summed E-state index contributed by atoms with van der Waals surface area (Å²) in [6.07, 6.45) is 3.89. The first kappa shape index (κ1) is 11.3. The predicted octanol–water partition coefficient (Wildman–Crippen LogP) is 1.40. The molecule has 2 rings (SSSR count). The van der Waals surface area contributed by atoms with Crippen molar-refractivity contribution in [2.24, 2.45) is 5.92 Å². The highest BCUT2D eigenvalue weighted by Gasteiger charge is 2.18. The van der Waals surface area contributed by atoms with Gasteiger partial charge in [-0.2, -0.15) is 0 Å². The number of aryl methyl sites for hydroxylation is 1. The first-order valence-electron chi connectivity index (χ1n) is 6.01. The molecule has 1 N–H and O–H groups in total. The van der Waals surface area contributed by atoms with Gasteiger partial charge < -0.3 is 10.2 Å². The molecule has 0 radical (unpaired) electrons. The first-order valence-corrected chi connectivity index (χ1v) is 6.01. The fraction of sp³-hybridized carbons (Fsp3) is 0.667. The van der Waals surface area contributed by atoms with Gasteiger partial charge in [-0.1, -0.05) is 6.92 Å². The molecule has 1 fully saturated rings. The Morgan fingerprint density at radius 1 is 1.50 bits per heavy atom. The Morgan fingerprint density at radius 2 is 2.38 bits per heavy atom. The summed E-state index contributed by atoms with van der Waals surface area (Å²) in [5, 5.41) is 3.40. The van der Waals surface area contributed by atoms with Crippen LogP contribution in [0.3, 0.4) is 0 Å². The molecule has 4 heteroatoms. The highest BCUT2D eigenvalue weighted by molar-refractivity contribution is 5.34. The van der Waals surface area contributed by atoms with Crippen LogP contribution in [0.25, 0.3) is 0 Å². The summed E-state index contributed by atoms with van der Waals surface area (Å²) in [6, 6.07) is 2.04. The standard InChI is InChI=1S/C12H20N4/c1-3-11-6-12(15-9-14-11)13-7-10-4-5-16(2)8-10/h6,9-10H,3-5,7-8H2,1-2H3,(H,13,14,15). The molecule has 1 aliphatic heterocycles. The number of hydrogen-bond acceptors (Lipinski definition) is 4. The summed E-state index contributed by atoms with van der Waals surface area (Å²) < 4.78 is 0. The van der Waals surface area contributed by atoms with E-state index in [0.717, 1.165) is 30.4 Å². The lowest BCUT2D eigenvalue weighted by Gasteiger charge is -2.12. The Kier molecular flexibility index (Phi) is 3.72. The van der Waals surface area contributed by atoms with E-state index >= 15 is 0 Å². The van der Waals surface area contributed by atoms with Crippen LogP contribution >= 0.6 is 0 Å². The van der Waals surface area contributed by atoms with Crippen LogP contribution in [-0.4, -0.2) is 41.5 Å². The number of anilines is 1. The van der Waals surface area contributed by atoms with Crippen LogP contribution in [0.15, 0.2) is 12.4 Å². The van der Waals surface area contributed by atoms with E-state index < -0.39 is 0 Å². The molecule has 0 amide bonds. The summed E-state index contributed by atoms with van der Waals surface area (Å²) in [4.78, 5) is 10.8. The predicted molar refractivity (Wildman–Crippen MR) is 65.5 cm³/mol.